The van der Waals surface area contributed by atoms with Crippen molar-refractivity contribution in [3.63, 3.8) is 0 Å². The van der Waals surface area contributed by atoms with Crippen LogP contribution >= 0.6 is 0 Å². The van der Waals surface area contributed by atoms with Crippen LogP contribution < -0.4 is 0 Å². The number of ether oxygens (including phenoxy) is 2. The van der Waals surface area contributed by atoms with E-state index in [0.29, 0.717) is 6.10 Å². The van der Waals surface area contributed by atoms with Gasteiger partial charge in [0, 0.05) is 0 Å². The van der Waals surface area contributed by atoms with Gasteiger partial charge >= 0.3 is 0 Å². The Balaban J connectivity index is 2.26. The quantitative estimate of drug-likeness (QED) is 0.574. The van der Waals surface area contributed by atoms with Crippen LogP contribution in [0.1, 0.15) is 34.6 Å². The Morgan fingerprint density at radius 3 is 2.09 bits per heavy atom. The molecule has 0 radical (unpaired) electrons. The molecule has 1 aliphatic heterocycles. The van der Waals surface area contributed by atoms with Crippen LogP contribution in [0.25, 0.3) is 0 Å². The first-order valence-electron chi connectivity index (χ1n) is 4.22. The van der Waals surface area contributed by atoms with Crippen molar-refractivity contribution in [1.29, 1.82) is 0 Å². The second-order valence-electron chi connectivity index (χ2n) is 4.35. The fourth-order valence-corrected chi connectivity index (χ4v) is 0.714. The van der Waals surface area contributed by atoms with Gasteiger partial charge in [-0.3, -0.25) is 0 Å². The van der Waals surface area contributed by atoms with E-state index in [1.54, 1.807) is 0 Å². The summed E-state index contributed by atoms with van der Waals surface area (Å²) in [5.74, 6) is 0. The Labute approximate surface area is 68.9 Å². The largest absolute Gasteiger partial charge is 0.346 e. The summed E-state index contributed by atoms with van der Waals surface area (Å²) in [6.45, 7) is 10.6. The standard InChI is InChI=1S/C9H18O2/c1-6-8(10-6)11-7(2)9(3,4)5/h6-8H,1-5H3. The molecule has 2 nitrogen and oxygen atoms in total. The van der Waals surface area contributed by atoms with Gasteiger partial charge in [-0.25, -0.2) is 0 Å². The van der Waals surface area contributed by atoms with Crippen molar-refractivity contribution in [2.75, 3.05) is 0 Å². The second kappa shape index (κ2) is 2.76. The van der Waals surface area contributed by atoms with Crippen molar-refractivity contribution in [1.82, 2.24) is 0 Å². The summed E-state index contributed by atoms with van der Waals surface area (Å²) in [6, 6.07) is 0. The number of rotatable bonds is 2. The highest BCUT2D eigenvalue weighted by Crippen LogP contribution is 2.29. The fraction of sp³-hybridized carbons (Fsp3) is 1.00. The molecule has 1 heterocycles. The monoisotopic (exact) mass is 158 g/mol. The van der Waals surface area contributed by atoms with Crippen LogP contribution in [-0.2, 0) is 9.47 Å². The molecule has 0 aromatic heterocycles. The van der Waals surface area contributed by atoms with Crippen molar-refractivity contribution < 1.29 is 9.47 Å². The van der Waals surface area contributed by atoms with E-state index in [9.17, 15) is 0 Å². The number of epoxide rings is 1. The predicted molar refractivity (Wildman–Crippen MR) is 44.3 cm³/mol. The SMILES string of the molecule is CC1OC1OC(C)C(C)(C)C. The van der Waals surface area contributed by atoms with Gasteiger partial charge in [0.25, 0.3) is 0 Å². The van der Waals surface area contributed by atoms with Gasteiger partial charge in [0.15, 0.2) is 6.29 Å². The summed E-state index contributed by atoms with van der Waals surface area (Å²) in [6.07, 6.45) is 0.626. The molecule has 1 fully saturated rings. The Morgan fingerprint density at radius 2 is 1.82 bits per heavy atom. The Bertz CT molecular complexity index is 137. The molecule has 0 aromatic carbocycles. The molecule has 3 atom stereocenters. The summed E-state index contributed by atoms with van der Waals surface area (Å²) in [7, 11) is 0. The second-order valence-corrected chi connectivity index (χ2v) is 4.35. The van der Waals surface area contributed by atoms with Crippen molar-refractivity contribution in [2.45, 2.75) is 53.1 Å². The average molecular weight is 158 g/mol. The third-order valence-electron chi connectivity index (χ3n) is 2.21. The van der Waals surface area contributed by atoms with Gasteiger partial charge in [-0.2, -0.15) is 0 Å². The molecule has 1 rings (SSSR count). The Hall–Kier alpha value is -0.0800. The van der Waals surface area contributed by atoms with Crippen LogP contribution in [0, 0.1) is 5.41 Å². The van der Waals surface area contributed by atoms with E-state index in [2.05, 4.69) is 27.7 Å². The van der Waals surface area contributed by atoms with E-state index in [1.807, 2.05) is 6.92 Å². The first-order valence-corrected chi connectivity index (χ1v) is 4.22. The van der Waals surface area contributed by atoms with Crippen molar-refractivity contribution in [3.8, 4) is 0 Å². The van der Waals surface area contributed by atoms with Crippen LogP contribution in [0.3, 0.4) is 0 Å². The third-order valence-corrected chi connectivity index (χ3v) is 2.21. The normalized spacial score (nSPS) is 33.5. The van der Waals surface area contributed by atoms with E-state index >= 15 is 0 Å². The molecule has 11 heavy (non-hydrogen) atoms. The average Bonchev–Trinajstić information content (AvgIpc) is 2.44. The van der Waals surface area contributed by atoms with Crippen molar-refractivity contribution >= 4 is 0 Å². The van der Waals surface area contributed by atoms with Gasteiger partial charge in [0.2, 0.25) is 0 Å². The highest BCUT2D eigenvalue weighted by molar-refractivity contribution is 4.76. The van der Waals surface area contributed by atoms with E-state index < -0.39 is 0 Å². The minimum Gasteiger partial charge on any atom is -0.346 e. The highest BCUT2D eigenvalue weighted by Gasteiger charge is 2.38. The summed E-state index contributed by atoms with van der Waals surface area (Å²) < 4.78 is 10.8. The lowest BCUT2D eigenvalue weighted by molar-refractivity contribution is -0.0533. The molecule has 66 valence electrons. The predicted octanol–water partition coefficient (Wildman–Crippen LogP) is 2.18. The van der Waals surface area contributed by atoms with Crippen LogP contribution in [0.15, 0.2) is 0 Å². The Morgan fingerprint density at radius 1 is 1.36 bits per heavy atom. The van der Waals surface area contributed by atoms with Crippen molar-refractivity contribution in [2.24, 2.45) is 5.41 Å². The van der Waals surface area contributed by atoms with Gasteiger partial charge in [-0.1, -0.05) is 20.8 Å². The topological polar surface area (TPSA) is 21.8 Å². The lowest BCUT2D eigenvalue weighted by atomic mass is 9.90. The zero-order valence-corrected chi connectivity index (χ0v) is 8.05. The maximum Gasteiger partial charge on any atom is 0.184 e. The van der Waals surface area contributed by atoms with E-state index in [0.717, 1.165) is 0 Å². The van der Waals surface area contributed by atoms with E-state index in [4.69, 9.17) is 9.47 Å². The lowest BCUT2D eigenvalue weighted by Gasteiger charge is -2.26. The molecule has 1 saturated heterocycles. The highest BCUT2D eigenvalue weighted by atomic mass is 16.8. The summed E-state index contributed by atoms with van der Waals surface area (Å²) in [4.78, 5) is 0. The fourth-order valence-electron chi connectivity index (χ4n) is 0.714. The Kier molecular flexibility index (Phi) is 2.26. The third kappa shape index (κ3) is 2.46. The van der Waals surface area contributed by atoms with Crippen LogP contribution in [0.4, 0.5) is 0 Å². The molecule has 0 amide bonds. The molecule has 3 unspecified atom stereocenters. The van der Waals surface area contributed by atoms with Gasteiger partial charge < -0.3 is 9.47 Å². The maximum atomic E-state index is 5.62. The molecular formula is C9H18O2. The summed E-state index contributed by atoms with van der Waals surface area (Å²) >= 11 is 0. The van der Waals surface area contributed by atoms with Gasteiger partial charge in [-0.15, -0.1) is 0 Å². The number of hydrogen-bond acceptors (Lipinski definition) is 2. The lowest BCUT2D eigenvalue weighted by Crippen LogP contribution is -2.27. The van der Waals surface area contributed by atoms with Crippen LogP contribution in [-0.4, -0.2) is 18.5 Å². The zero-order valence-electron chi connectivity index (χ0n) is 8.05. The molecule has 1 aliphatic rings. The molecule has 0 spiro atoms. The van der Waals surface area contributed by atoms with Crippen LogP contribution in [0.2, 0.25) is 0 Å². The minimum atomic E-state index is 0.0595. The molecule has 0 saturated carbocycles. The molecule has 0 bridgehead atoms. The smallest absolute Gasteiger partial charge is 0.184 e. The summed E-state index contributed by atoms with van der Waals surface area (Å²) in [5, 5.41) is 0. The zero-order chi connectivity index (χ0) is 8.65. The minimum absolute atomic E-state index is 0.0595. The number of hydrogen-bond donors (Lipinski definition) is 0. The van der Waals surface area contributed by atoms with E-state index in [-0.39, 0.29) is 17.8 Å². The van der Waals surface area contributed by atoms with Crippen molar-refractivity contribution in [3.05, 3.63) is 0 Å². The molecular weight excluding hydrogens is 140 g/mol. The molecule has 0 aromatic rings. The maximum absolute atomic E-state index is 5.62. The van der Waals surface area contributed by atoms with E-state index in [1.165, 1.54) is 0 Å². The summed E-state index contributed by atoms with van der Waals surface area (Å²) in [5.41, 5.74) is 0.214. The molecule has 2 heteroatoms. The van der Waals surface area contributed by atoms with Gasteiger partial charge in [0.1, 0.15) is 6.10 Å². The van der Waals surface area contributed by atoms with Gasteiger partial charge in [-0.05, 0) is 19.3 Å². The molecule has 0 aliphatic carbocycles. The molecule has 0 N–H and O–H groups in total. The first-order chi connectivity index (χ1) is 4.91. The van der Waals surface area contributed by atoms with Crippen LogP contribution in [0.5, 0.6) is 0 Å². The van der Waals surface area contributed by atoms with Gasteiger partial charge in [0.05, 0.1) is 6.10 Å². The first kappa shape index (κ1) is 9.01.